The number of nitrogens with zero attached hydrogens (tertiary/aromatic N) is 1. The third-order valence-electron chi connectivity index (χ3n) is 1.94. The molecule has 2 nitrogen and oxygen atoms in total. The number of unbranched alkanes of at least 4 members (excludes halogenated alkanes) is 1. The molecule has 0 aromatic carbocycles. The van der Waals surface area contributed by atoms with Crippen LogP contribution in [0.25, 0.3) is 0 Å². The van der Waals surface area contributed by atoms with Gasteiger partial charge < -0.3 is 10.0 Å². The van der Waals surface area contributed by atoms with E-state index in [1.165, 1.54) is 0 Å². The second kappa shape index (κ2) is 6.17. The van der Waals surface area contributed by atoms with E-state index in [2.05, 4.69) is 18.4 Å². The summed E-state index contributed by atoms with van der Waals surface area (Å²) < 4.78 is 0. The maximum Gasteiger partial charge on any atom is 0.0718 e. The van der Waals surface area contributed by atoms with Gasteiger partial charge in [-0.25, -0.2) is 0 Å². The molecule has 0 amide bonds. The Labute approximate surface area is 82.3 Å². The van der Waals surface area contributed by atoms with Gasteiger partial charge in [0.15, 0.2) is 0 Å². The Hall–Kier alpha value is -0.340. The largest absolute Gasteiger partial charge is 0.389 e. The molecule has 0 aromatic heterocycles. The molecular formula is C11H23NO. The van der Waals surface area contributed by atoms with Crippen molar-refractivity contribution >= 4 is 0 Å². The van der Waals surface area contributed by atoms with E-state index in [4.69, 9.17) is 0 Å². The highest BCUT2D eigenvalue weighted by atomic mass is 16.3. The average Bonchev–Trinajstić information content (AvgIpc) is 2.01. The van der Waals surface area contributed by atoms with Crippen LogP contribution in [0.2, 0.25) is 0 Å². The first-order valence-electron chi connectivity index (χ1n) is 5.05. The molecule has 0 saturated carbocycles. The monoisotopic (exact) mass is 185 g/mol. The van der Waals surface area contributed by atoms with Crippen molar-refractivity contribution in [3.8, 4) is 0 Å². The molecule has 0 spiro atoms. The second-order valence-corrected chi connectivity index (χ2v) is 4.11. The zero-order chi connectivity index (χ0) is 10.3. The third-order valence-corrected chi connectivity index (χ3v) is 1.94. The first-order chi connectivity index (χ1) is 5.99. The molecule has 0 rings (SSSR count). The molecule has 0 unspecified atom stereocenters. The molecule has 2 heteroatoms. The van der Waals surface area contributed by atoms with Gasteiger partial charge in [-0.1, -0.05) is 13.0 Å². The summed E-state index contributed by atoms with van der Waals surface area (Å²) in [5.74, 6) is 0. The molecule has 78 valence electrons. The zero-order valence-corrected chi connectivity index (χ0v) is 9.21. The zero-order valence-electron chi connectivity index (χ0n) is 9.21. The van der Waals surface area contributed by atoms with E-state index >= 15 is 0 Å². The lowest BCUT2D eigenvalue weighted by atomic mass is 10.1. The van der Waals surface area contributed by atoms with Crippen molar-refractivity contribution in [1.82, 2.24) is 4.90 Å². The molecular weight excluding hydrogens is 162 g/mol. The summed E-state index contributed by atoms with van der Waals surface area (Å²) in [4.78, 5) is 2.27. The van der Waals surface area contributed by atoms with Crippen LogP contribution in [0.15, 0.2) is 12.7 Å². The summed E-state index contributed by atoms with van der Waals surface area (Å²) in [5.41, 5.74) is -0.579. The number of allylic oxidation sites excluding steroid dienone is 1. The summed E-state index contributed by atoms with van der Waals surface area (Å²) in [7, 11) is 0. The van der Waals surface area contributed by atoms with Gasteiger partial charge in [0.2, 0.25) is 0 Å². The number of likely N-dealkylation sites (N-methyl/N-ethyl adjacent to an activating group) is 1. The average molecular weight is 185 g/mol. The van der Waals surface area contributed by atoms with Crippen LogP contribution >= 0.6 is 0 Å². The van der Waals surface area contributed by atoms with Gasteiger partial charge in [0, 0.05) is 6.54 Å². The van der Waals surface area contributed by atoms with Crippen molar-refractivity contribution in [3.05, 3.63) is 12.7 Å². The van der Waals surface area contributed by atoms with E-state index < -0.39 is 5.60 Å². The highest BCUT2D eigenvalue weighted by Crippen LogP contribution is 2.05. The van der Waals surface area contributed by atoms with E-state index in [0.717, 1.165) is 32.5 Å². The Kier molecular flexibility index (Phi) is 6.00. The van der Waals surface area contributed by atoms with Crippen LogP contribution in [0.1, 0.15) is 33.6 Å². The molecule has 0 atom stereocenters. The number of hydrogen-bond acceptors (Lipinski definition) is 2. The molecule has 0 aliphatic carbocycles. The molecule has 0 fully saturated rings. The summed E-state index contributed by atoms with van der Waals surface area (Å²) in [6.45, 7) is 12.3. The van der Waals surface area contributed by atoms with E-state index in [1.807, 2.05) is 19.9 Å². The van der Waals surface area contributed by atoms with Gasteiger partial charge in [-0.2, -0.15) is 0 Å². The van der Waals surface area contributed by atoms with Crippen LogP contribution in [0.4, 0.5) is 0 Å². The summed E-state index contributed by atoms with van der Waals surface area (Å²) in [6.07, 6.45) is 4.13. The second-order valence-electron chi connectivity index (χ2n) is 4.11. The first-order valence-corrected chi connectivity index (χ1v) is 5.05. The van der Waals surface area contributed by atoms with Crippen molar-refractivity contribution in [2.75, 3.05) is 19.6 Å². The van der Waals surface area contributed by atoms with Gasteiger partial charge in [0.1, 0.15) is 0 Å². The van der Waals surface area contributed by atoms with Gasteiger partial charge in [-0.05, 0) is 39.8 Å². The molecule has 0 saturated heterocycles. The smallest absolute Gasteiger partial charge is 0.0718 e. The Bertz CT molecular complexity index is 138. The van der Waals surface area contributed by atoms with Gasteiger partial charge >= 0.3 is 0 Å². The van der Waals surface area contributed by atoms with Gasteiger partial charge in [0.05, 0.1) is 5.60 Å². The minimum absolute atomic E-state index is 0.579. The van der Waals surface area contributed by atoms with Gasteiger partial charge in [-0.3, -0.25) is 0 Å². The maximum atomic E-state index is 9.61. The molecule has 1 N–H and O–H groups in total. The fourth-order valence-corrected chi connectivity index (χ4v) is 1.36. The van der Waals surface area contributed by atoms with Crippen molar-refractivity contribution in [1.29, 1.82) is 0 Å². The van der Waals surface area contributed by atoms with Crippen LogP contribution < -0.4 is 0 Å². The fourth-order valence-electron chi connectivity index (χ4n) is 1.36. The highest BCUT2D eigenvalue weighted by molar-refractivity contribution is 4.73. The lowest BCUT2D eigenvalue weighted by Crippen LogP contribution is -2.38. The number of rotatable bonds is 7. The quantitative estimate of drug-likeness (QED) is 0.484. The Morgan fingerprint density at radius 3 is 2.46 bits per heavy atom. The maximum absolute atomic E-state index is 9.61. The van der Waals surface area contributed by atoms with Crippen molar-refractivity contribution in [3.63, 3.8) is 0 Å². The summed E-state index contributed by atoms with van der Waals surface area (Å²) >= 11 is 0. The van der Waals surface area contributed by atoms with E-state index in [0.29, 0.717) is 0 Å². The minimum Gasteiger partial charge on any atom is -0.389 e. The number of aliphatic hydroxyl groups is 1. The summed E-state index contributed by atoms with van der Waals surface area (Å²) in [5, 5.41) is 9.61. The lowest BCUT2D eigenvalue weighted by Gasteiger charge is -2.27. The van der Waals surface area contributed by atoms with Crippen molar-refractivity contribution in [2.45, 2.75) is 39.2 Å². The normalized spacial score (nSPS) is 12.1. The van der Waals surface area contributed by atoms with Gasteiger partial charge in [0.25, 0.3) is 0 Å². The Balaban J connectivity index is 3.69. The predicted molar refractivity (Wildman–Crippen MR) is 57.8 cm³/mol. The molecule has 0 heterocycles. The fraction of sp³-hybridized carbons (Fsp3) is 0.818. The predicted octanol–water partition coefficient (Wildman–Crippen LogP) is 2.05. The van der Waals surface area contributed by atoms with Crippen LogP contribution in [0.3, 0.4) is 0 Å². The van der Waals surface area contributed by atoms with Crippen LogP contribution in [-0.4, -0.2) is 35.2 Å². The topological polar surface area (TPSA) is 23.5 Å². The van der Waals surface area contributed by atoms with E-state index in [9.17, 15) is 5.11 Å². The van der Waals surface area contributed by atoms with Crippen LogP contribution in [0.5, 0.6) is 0 Å². The van der Waals surface area contributed by atoms with Crippen molar-refractivity contribution < 1.29 is 5.11 Å². The van der Waals surface area contributed by atoms with Crippen molar-refractivity contribution in [2.24, 2.45) is 0 Å². The SMILES string of the molecule is C=CCCCN(CC)CC(C)(C)O. The summed E-state index contributed by atoms with van der Waals surface area (Å²) in [6, 6.07) is 0. The lowest BCUT2D eigenvalue weighted by molar-refractivity contribution is 0.0376. The minimum atomic E-state index is -0.579. The third kappa shape index (κ3) is 8.00. The first kappa shape index (κ1) is 12.7. The van der Waals surface area contributed by atoms with E-state index in [-0.39, 0.29) is 0 Å². The van der Waals surface area contributed by atoms with E-state index in [1.54, 1.807) is 0 Å². The Morgan fingerprint density at radius 2 is 2.08 bits per heavy atom. The molecule has 0 aliphatic rings. The highest BCUT2D eigenvalue weighted by Gasteiger charge is 2.16. The molecule has 13 heavy (non-hydrogen) atoms. The molecule has 0 aromatic rings. The molecule has 0 aliphatic heterocycles. The van der Waals surface area contributed by atoms with Gasteiger partial charge in [-0.15, -0.1) is 6.58 Å². The number of hydrogen-bond donors (Lipinski definition) is 1. The standard InChI is InChI=1S/C11H23NO/c1-5-7-8-9-12(6-2)10-11(3,4)13/h5,13H,1,6-10H2,2-4H3. The Morgan fingerprint density at radius 1 is 1.46 bits per heavy atom. The molecule has 0 radical (unpaired) electrons. The molecule has 0 bridgehead atoms. The van der Waals surface area contributed by atoms with Crippen LogP contribution in [0, 0.1) is 0 Å². The van der Waals surface area contributed by atoms with Crippen LogP contribution in [-0.2, 0) is 0 Å².